The van der Waals surface area contributed by atoms with E-state index in [2.05, 4.69) is 11.2 Å². The van der Waals surface area contributed by atoms with Crippen LogP contribution >= 0.6 is 0 Å². The predicted molar refractivity (Wildman–Crippen MR) is 85.3 cm³/mol. The lowest BCUT2D eigenvalue weighted by atomic mass is 9.97. The molecule has 1 saturated heterocycles. The van der Waals surface area contributed by atoms with Crippen LogP contribution in [0.2, 0.25) is 0 Å². The molecule has 1 aliphatic carbocycles. The largest absolute Gasteiger partial charge is 0.458 e. The number of ether oxygens (including phenoxy) is 2. The molecule has 2 aliphatic heterocycles. The maximum atomic E-state index is 12.3. The number of terminal acetylenes is 1. The Hall–Kier alpha value is -3.00. The van der Waals surface area contributed by atoms with Gasteiger partial charge >= 0.3 is 5.97 Å². The van der Waals surface area contributed by atoms with Crippen LogP contribution in [0.25, 0.3) is 0 Å². The third-order valence-electron chi connectivity index (χ3n) is 4.74. The fourth-order valence-corrected chi connectivity index (χ4v) is 3.53. The summed E-state index contributed by atoms with van der Waals surface area (Å²) < 4.78 is 10.5. The van der Waals surface area contributed by atoms with Gasteiger partial charge in [-0.2, -0.15) is 0 Å². The summed E-state index contributed by atoms with van der Waals surface area (Å²) >= 11 is 0. The van der Waals surface area contributed by atoms with Crippen LogP contribution in [0.3, 0.4) is 0 Å². The average Bonchev–Trinajstić information content (AvgIpc) is 3.18. The molecule has 1 aromatic rings. The van der Waals surface area contributed by atoms with Crippen LogP contribution in [0.5, 0.6) is 0 Å². The number of esters is 1. The highest BCUT2D eigenvalue weighted by atomic mass is 16.7. The fraction of sp³-hybridized carbons (Fsp3) is 0.263. The van der Waals surface area contributed by atoms with Gasteiger partial charge in [-0.15, -0.1) is 6.42 Å². The van der Waals surface area contributed by atoms with Crippen molar-refractivity contribution in [3.63, 3.8) is 0 Å². The molecule has 1 fully saturated rings. The van der Waals surface area contributed by atoms with Crippen molar-refractivity contribution in [3.8, 4) is 12.3 Å². The molecule has 24 heavy (non-hydrogen) atoms. The number of amides is 1. The first-order chi connectivity index (χ1) is 11.6. The quantitative estimate of drug-likeness (QED) is 0.390. The molecule has 5 heteroatoms. The van der Waals surface area contributed by atoms with Crippen molar-refractivity contribution in [3.05, 3.63) is 58.4 Å². The third-order valence-corrected chi connectivity index (χ3v) is 4.74. The number of carbonyl (C=O) groups is 2. The number of carbonyl (C=O) groups excluding carboxylic acids is 2. The first-order valence-electron chi connectivity index (χ1n) is 7.72. The van der Waals surface area contributed by atoms with Gasteiger partial charge in [-0.25, -0.2) is 4.79 Å². The Labute approximate surface area is 139 Å². The van der Waals surface area contributed by atoms with E-state index in [9.17, 15) is 9.59 Å². The lowest BCUT2D eigenvalue weighted by Gasteiger charge is -2.11. The fourth-order valence-electron chi connectivity index (χ4n) is 3.53. The van der Waals surface area contributed by atoms with Crippen molar-refractivity contribution in [1.29, 1.82) is 0 Å². The molecule has 0 aromatic heterocycles. The minimum atomic E-state index is -0.776. The Morgan fingerprint density at radius 1 is 1.42 bits per heavy atom. The van der Waals surface area contributed by atoms with Gasteiger partial charge < -0.3 is 14.8 Å². The molecule has 5 nitrogen and oxygen atoms in total. The first-order valence-corrected chi connectivity index (χ1v) is 7.72. The summed E-state index contributed by atoms with van der Waals surface area (Å²) in [6, 6.07) is 5.73. The van der Waals surface area contributed by atoms with E-state index >= 15 is 0 Å². The molecule has 120 valence electrons. The normalized spacial score (nSPS) is 28.8. The molecule has 2 heterocycles. The summed E-state index contributed by atoms with van der Waals surface area (Å²) in [5.41, 5.74) is 4.08. The summed E-state index contributed by atoms with van der Waals surface area (Å²) in [5, 5.41) is 2.99. The van der Waals surface area contributed by atoms with Crippen molar-refractivity contribution in [2.75, 3.05) is 0 Å². The van der Waals surface area contributed by atoms with Gasteiger partial charge in [0.25, 0.3) is 12.2 Å². The minimum absolute atomic E-state index is 0.0239. The molecule has 0 radical (unpaired) electrons. The summed E-state index contributed by atoms with van der Waals surface area (Å²) in [5.74, 6) is 2.11. The van der Waals surface area contributed by atoms with Crippen LogP contribution in [0, 0.1) is 18.3 Å². The number of fused-ring (bicyclic) bond motifs is 3. The highest BCUT2D eigenvalue weighted by molar-refractivity contribution is 5.97. The number of cyclic esters (lactones) is 1. The van der Waals surface area contributed by atoms with Crippen LogP contribution in [-0.4, -0.2) is 18.2 Å². The van der Waals surface area contributed by atoms with E-state index in [0.29, 0.717) is 17.6 Å². The van der Waals surface area contributed by atoms with Gasteiger partial charge in [-0.05, 0) is 30.5 Å². The molecular formula is C19H15NO4. The average molecular weight is 321 g/mol. The number of rotatable bonds is 2. The smallest absolute Gasteiger partial charge is 0.336 e. The van der Waals surface area contributed by atoms with Gasteiger partial charge in [0.05, 0.1) is 17.9 Å². The molecule has 1 N–H and O–H groups in total. The molecule has 1 amide bonds. The number of benzene rings is 1. The Morgan fingerprint density at radius 3 is 2.96 bits per heavy atom. The Balaban J connectivity index is 1.59. The minimum Gasteiger partial charge on any atom is -0.458 e. The highest BCUT2D eigenvalue weighted by Crippen LogP contribution is 2.45. The zero-order valence-electron chi connectivity index (χ0n) is 13.0. The summed E-state index contributed by atoms with van der Waals surface area (Å²) in [7, 11) is 0. The number of nitrogens with one attached hydrogen (secondary N) is 1. The van der Waals surface area contributed by atoms with Gasteiger partial charge in [0.2, 0.25) is 0 Å². The van der Waals surface area contributed by atoms with Crippen molar-refractivity contribution in [2.45, 2.75) is 25.7 Å². The topological polar surface area (TPSA) is 64.6 Å². The van der Waals surface area contributed by atoms with Gasteiger partial charge in [-0.3, -0.25) is 4.79 Å². The lowest BCUT2D eigenvalue weighted by Crippen LogP contribution is -2.19. The molecule has 0 saturated carbocycles. The Kier molecular flexibility index (Phi) is 3.20. The summed E-state index contributed by atoms with van der Waals surface area (Å²) in [6.07, 6.45) is 8.48. The molecule has 3 atom stereocenters. The molecule has 3 unspecified atom stereocenters. The second-order valence-corrected chi connectivity index (χ2v) is 6.11. The van der Waals surface area contributed by atoms with E-state index in [1.165, 1.54) is 6.26 Å². The first kappa shape index (κ1) is 14.6. The Bertz CT molecular complexity index is 859. The highest BCUT2D eigenvalue weighted by Gasteiger charge is 2.44. The van der Waals surface area contributed by atoms with E-state index in [1.807, 2.05) is 18.2 Å². The number of hydrogen-bond acceptors (Lipinski definition) is 4. The van der Waals surface area contributed by atoms with Crippen LogP contribution in [0.1, 0.15) is 29.7 Å². The van der Waals surface area contributed by atoms with Gasteiger partial charge in [0, 0.05) is 23.1 Å². The van der Waals surface area contributed by atoms with Gasteiger partial charge in [0.1, 0.15) is 0 Å². The summed E-state index contributed by atoms with van der Waals surface area (Å²) in [6.45, 7) is 1.66. The van der Waals surface area contributed by atoms with Crippen molar-refractivity contribution in [1.82, 2.24) is 5.32 Å². The van der Waals surface area contributed by atoms with Gasteiger partial charge in [-0.1, -0.05) is 18.1 Å². The van der Waals surface area contributed by atoms with Gasteiger partial charge in [0.15, 0.2) is 0 Å². The van der Waals surface area contributed by atoms with Crippen LogP contribution in [0.4, 0.5) is 0 Å². The Morgan fingerprint density at radius 2 is 2.25 bits per heavy atom. The predicted octanol–water partition coefficient (Wildman–Crippen LogP) is 1.74. The standard InChI is InChI=1S/C19H15NO4/c1-3-11-5-4-6-12-13(11)8-14-15(18(21)20-17(12)14)9-23-16-7-10(2)19(22)24-16/h1,4-7,9,14,16-17H,8H2,2H3,(H,20,21)/b15-9+. The molecule has 4 rings (SSSR count). The van der Waals surface area contributed by atoms with E-state index < -0.39 is 12.3 Å². The monoisotopic (exact) mass is 321 g/mol. The molecule has 3 aliphatic rings. The van der Waals surface area contributed by atoms with E-state index in [1.54, 1.807) is 13.0 Å². The van der Waals surface area contributed by atoms with Crippen LogP contribution in [0.15, 0.2) is 41.7 Å². The third kappa shape index (κ3) is 2.11. The molecule has 0 bridgehead atoms. The second-order valence-electron chi connectivity index (χ2n) is 6.11. The van der Waals surface area contributed by atoms with Crippen molar-refractivity contribution in [2.24, 2.45) is 5.92 Å². The van der Waals surface area contributed by atoms with E-state index in [0.717, 1.165) is 16.7 Å². The zero-order valence-corrected chi connectivity index (χ0v) is 13.0. The van der Waals surface area contributed by atoms with E-state index in [4.69, 9.17) is 15.9 Å². The SMILES string of the molecule is C#Cc1cccc2c1CC1/C(=C\OC3C=C(C)C(=O)O3)C(=O)NC21. The summed E-state index contributed by atoms with van der Waals surface area (Å²) in [4.78, 5) is 23.6. The molecular weight excluding hydrogens is 306 g/mol. The zero-order chi connectivity index (χ0) is 16.8. The molecule has 0 spiro atoms. The lowest BCUT2D eigenvalue weighted by molar-refractivity contribution is -0.152. The van der Waals surface area contributed by atoms with Crippen molar-refractivity contribution < 1.29 is 19.1 Å². The van der Waals surface area contributed by atoms with E-state index in [-0.39, 0.29) is 17.9 Å². The maximum absolute atomic E-state index is 12.3. The second kappa shape index (κ2) is 5.27. The van der Waals surface area contributed by atoms with Crippen LogP contribution in [-0.2, 0) is 25.5 Å². The molecule has 1 aromatic carbocycles. The number of hydrogen-bond donors (Lipinski definition) is 1. The van der Waals surface area contributed by atoms with Crippen molar-refractivity contribution >= 4 is 11.9 Å². The maximum Gasteiger partial charge on any atom is 0.336 e. The van der Waals surface area contributed by atoms with Crippen LogP contribution < -0.4 is 5.32 Å².